The fraction of sp³-hybridized carbons (Fsp3) is 0.250. The maximum Gasteiger partial charge on any atom is 0.261 e. The fourth-order valence-corrected chi connectivity index (χ4v) is 6.33. The standard InChI is InChI=1S/C27H25N5O2S.CH4O3S/c1-31-13-18(16-6-2-4-8-19(16)31)23-24(26(34)30-25(23)33)22-17-7-3-5-9-20(17)32-11-10-15(12-21(22)32)14-35-27(28)29;1-5(2,3)4/h2-9,13,15H,10-12,14H2,1H3,(H3,28,29)(H,30,33,34);1H3,(H,2,3,4). The maximum absolute atomic E-state index is 13.4. The third kappa shape index (κ3) is 5.29. The molecule has 0 bridgehead atoms. The summed E-state index contributed by atoms with van der Waals surface area (Å²) in [5.74, 6) is 0.389. The highest BCUT2D eigenvalue weighted by Gasteiger charge is 2.38. The van der Waals surface area contributed by atoms with Crippen molar-refractivity contribution in [1.82, 2.24) is 14.5 Å². The lowest BCUT2D eigenvalue weighted by Crippen LogP contribution is -2.24. The van der Waals surface area contributed by atoms with E-state index in [1.165, 1.54) is 11.8 Å². The van der Waals surface area contributed by atoms with Crippen molar-refractivity contribution in [3.05, 3.63) is 71.5 Å². The van der Waals surface area contributed by atoms with E-state index in [1.807, 2.05) is 60.3 Å². The highest BCUT2D eigenvalue weighted by Crippen LogP contribution is 2.43. The van der Waals surface area contributed by atoms with Gasteiger partial charge in [-0.1, -0.05) is 48.2 Å². The second-order valence-electron chi connectivity index (χ2n) is 9.96. The highest BCUT2D eigenvalue weighted by molar-refractivity contribution is 8.13. The molecule has 10 nitrogen and oxygen atoms in total. The van der Waals surface area contributed by atoms with E-state index in [1.54, 1.807) is 0 Å². The van der Waals surface area contributed by atoms with E-state index in [-0.39, 0.29) is 17.0 Å². The van der Waals surface area contributed by atoms with Gasteiger partial charge in [-0.25, -0.2) is 0 Å². The lowest BCUT2D eigenvalue weighted by atomic mass is 9.90. The van der Waals surface area contributed by atoms with Gasteiger partial charge in [-0.3, -0.25) is 24.9 Å². The van der Waals surface area contributed by atoms with Gasteiger partial charge in [0.15, 0.2) is 5.17 Å². The molecule has 0 saturated carbocycles. The Morgan fingerprint density at radius 2 is 1.68 bits per heavy atom. The average Bonchev–Trinajstić information content (AvgIpc) is 3.49. The molecule has 1 unspecified atom stereocenters. The molecule has 2 aromatic carbocycles. The number of carbonyl (C=O) groups is 2. The van der Waals surface area contributed by atoms with Gasteiger partial charge in [0, 0.05) is 64.2 Å². The topological polar surface area (TPSA) is 160 Å². The predicted molar refractivity (Wildman–Crippen MR) is 158 cm³/mol. The first-order valence-corrected chi connectivity index (χ1v) is 15.4. The molecule has 2 aliphatic rings. The number of benzene rings is 2. The Hall–Kier alpha value is -3.87. The lowest BCUT2D eigenvalue weighted by Gasteiger charge is -2.25. The molecule has 2 amide bonds. The van der Waals surface area contributed by atoms with E-state index in [0.29, 0.717) is 23.3 Å². The van der Waals surface area contributed by atoms with Crippen LogP contribution in [0, 0.1) is 11.3 Å². The number of hydrogen-bond donors (Lipinski definition) is 4. The van der Waals surface area contributed by atoms with Gasteiger partial charge in [-0.2, -0.15) is 8.42 Å². The molecule has 1 atom stereocenters. The summed E-state index contributed by atoms with van der Waals surface area (Å²) in [5, 5.41) is 12.2. The molecular weight excluding hydrogens is 550 g/mol. The van der Waals surface area contributed by atoms with E-state index in [2.05, 4.69) is 16.0 Å². The van der Waals surface area contributed by atoms with Crippen molar-refractivity contribution in [3.8, 4) is 0 Å². The third-order valence-electron chi connectivity index (χ3n) is 7.14. The minimum atomic E-state index is -3.67. The number of para-hydroxylation sites is 2. The lowest BCUT2D eigenvalue weighted by molar-refractivity contribution is -0.122. The maximum atomic E-state index is 13.4. The Morgan fingerprint density at radius 1 is 1.07 bits per heavy atom. The van der Waals surface area contributed by atoms with E-state index in [4.69, 9.17) is 15.7 Å². The van der Waals surface area contributed by atoms with Crippen LogP contribution in [-0.4, -0.2) is 51.1 Å². The number of carbonyl (C=O) groups excluding carboxylic acids is 2. The van der Waals surface area contributed by atoms with Crippen LogP contribution >= 0.6 is 11.8 Å². The molecule has 40 heavy (non-hydrogen) atoms. The monoisotopic (exact) mass is 579 g/mol. The molecule has 5 N–H and O–H groups in total. The molecule has 0 saturated heterocycles. The number of fused-ring (bicyclic) bond motifs is 4. The number of nitrogens with zero attached hydrogens (tertiary/aromatic N) is 2. The number of hydrogen-bond acceptors (Lipinski definition) is 6. The van der Waals surface area contributed by atoms with Crippen LogP contribution in [0.1, 0.15) is 23.2 Å². The van der Waals surface area contributed by atoms with Gasteiger partial charge in [0.2, 0.25) is 0 Å². The average molecular weight is 580 g/mol. The van der Waals surface area contributed by atoms with E-state index in [9.17, 15) is 18.0 Å². The Balaban J connectivity index is 0.000000595. The number of amides is 2. The van der Waals surface area contributed by atoms with Crippen LogP contribution in [0.3, 0.4) is 0 Å². The molecule has 0 aliphatic carbocycles. The zero-order chi connectivity index (χ0) is 28.8. The molecule has 4 aromatic rings. The molecule has 0 spiro atoms. The quantitative estimate of drug-likeness (QED) is 0.125. The number of nitrogens with two attached hydrogens (primary N) is 1. The first kappa shape index (κ1) is 27.7. The number of nitrogens with one attached hydrogen (secondary N) is 2. The molecule has 12 heteroatoms. The normalized spacial score (nSPS) is 17.1. The Labute approximate surface area is 235 Å². The van der Waals surface area contributed by atoms with Crippen molar-refractivity contribution in [3.63, 3.8) is 0 Å². The smallest absolute Gasteiger partial charge is 0.261 e. The van der Waals surface area contributed by atoms with E-state index in [0.717, 1.165) is 63.8 Å². The number of aryl methyl sites for hydroxylation is 2. The molecule has 0 radical (unpaired) electrons. The van der Waals surface area contributed by atoms with Gasteiger partial charge >= 0.3 is 0 Å². The van der Waals surface area contributed by atoms with Crippen LogP contribution in [0.5, 0.6) is 0 Å². The van der Waals surface area contributed by atoms with Crippen molar-refractivity contribution >= 4 is 71.8 Å². The Morgan fingerprint density at radius 3 is 2.35 bits per heavy atom. The van der Waals surface area contributed by atoms with Gasteiger partial charge in [0.1, 0.15) is 0 Å². The summed E-state index contributed by atoms with van der Waals surface area (Å²) in [5.41, 5.74) is 11.3. The highest BCUT2D eigenvalue weighted by atomic mass is 32.2. The van der Waals surface area contributed by atoms with Crippen molar-refractivity contribution in [2.45, 2.75) is 19.4 Å². The summed E-state index contributed by atoms with van der Waals surface area (Å²) in [6, 6.07) is 16.0. The number of amidine groups is 1. The largest absolute Gasteiger partial charge is 0.379 e. The molecular formula is C28H29N5O5S2. The van der Waals surface area contributed by atoms with E-state index < -0.39 is 10.1 Å². The van der Waals surface area contributed by atoms with Crippen molar-refractivity contribution in [1.29, 1.82) is 5.41 Å². The minimum Gasteiger partial charge on any atom is -0.379 e. The number of aromatic nitrogens is 2. The van der Waals surface area contributed by atoms with Crippen LogP contribution in [0.25, 0.3) is 33.0 Å². The summed E-state index contributed by atoms with van der Waals surface area (Å²) in [6.07, 6.45) is 4.39. The third-order valence-corrected chi connectivity index (χ3v) is 8.09. The van der Waals surface area contributed by atoms with Crippen LogP contribution < -0.4 is 11.1 Å². The van der Waals surface area contributed by atoms with Crippen molar-refractivity contribution < 1.29 is 22.6 Å². The molecule has 0 fully saturated rings. The second kappa shape index (κ2) is 10.6. The Bertz CT molecular complexity index is 1830. The molecule has 2 aromatic heterocycles. The minimum absolute atomic E-state index is 0.123. The summed E-state index contributed by atoms with van der Waals surface area (Å²) >= 11 is 1.36. The molecule has 4 heterocycles. The van der Waals surface area contributed by atoms with Gasteiger partial charge in [-0.15, -0.1) is 0 Å². The number of rotatable bonds is 4. The first-order valence-electron chi connectivity index (χ1n) is 12.6. The predicted octanol–water partition coefficient (Wildman–Crippen LogP) is 3.39. The van der Waals surface area contributed by atoms with Crippen LogP contribution in [-0.2, 0) is 39.7 Å². The summed E-state index contributed by atoms with van der Waals surface area (Å²) in [7, 11) is -1.71. The SMILES string of the molecule is CS(=O)(=O)O.Cn1cc(C2=C(c3c4n(c5ccccc35)CCC(CSC(=N)N)C4)C(=O)NC2=O)c2ccccc21. The number of thioether (sulfide) groups is 1. The summed E-state index contributed by atoms with van der Waals surface area (Å²) in [6.45, 7) is 0.825. The molecule has 208 valence electrons. The first-order chi connectivity index (χ1) is 18.9. The zero-order valence-corrected chi connectivity index (χ0v) is 23.6. The van der Waals surface area contributed by atoms with Gasteiger partial charge in [0.05, 0.1) is 17.4 Å². The molecule has 2 aliphatic heterocycles. The van der Waals surface area contributed by atoms with Crippen molar-refractivity contribution in [2.24, 2.45) is 18.7 Å². The van der Waals surface area contributed by atoms with Crippen LogP contribution in [0.4, 0.5) is 0 Å². The van der Waals surface area contributed by atoms with E-state index >= 15 is 0 Å². The van der Waals surface area contributed by atoms with Crippen molar-refractivity contribution in [2.75, 3.05) is 12.0 Å². The Kier molecular flexibility index (Phi) is 7.34. The second-order valence-corrected chi connectivity index (χ2v) is 12.5. The van der Waals surface area contributed by atoms with Gasteiger partial charge < -0.3 is 14.9 Å². The fourth-order valence-electron chi connectivity index (χ4n) is 5.63. The van der Waals surface area contributed by atoms with Crippen LogP contribution in [0.15, 0.2) is 54.7 Å². The van der Waals surface area contributed by atoms with Gasteiger partial charge in [-0.05, 0) is 30.9 Å². The van der Waals surface area contributed by atoms with Crippen LogP contribution in [0.2, 0.25) is 0 Å². The summed E-state index contributed by atoms with van der Waals surface area (Å²) in [4.78, 5) is 26.6. The summed E-state index contributed by atoms with van der Waals surface area (Å²) < 4.78 is 30.2. The molecule has 6 rings (SSSR count). The zero-order valence-electron chi connectivity index (χ0n) is 22.0. The number of imide groups is 1. The van der Waals surface area contributed by atoms with Gasteiger partial charge in [0.25, 0.3) is 21.9 Å².